The molecule has 0 radical (unpaired) electrons. The fourth-order valence-corrected chi connectivity index (χ4v) is 6.13. The highest BCUT2D eigenvalue weighted by atomic mass is 19.1. The molecule has 1 aromatic rings. The molecule has 0 aliphatic heterocycles. The van der Waals surface area contributed by atoms with Crippen molar-refractivity contribution in [3.05, 3.63) is 35.4 Å². The van der Waals surface area contributed by atoms with Crippen molar-refractivity contribution >= 4 is 11.8 Å². The Morgan fingerprint density at radius 2 is 1.85 bits per heavy atom. The van der Waals surface area contributed by atoms with E-state index < -0.39 is 23.7 Å². The maximum atomic E-state index is 13.4. The number of aliphatic hydroxyl groups excluding tert-OH is 1. The molecule has 1 aromatic carbocycles. The van der Waals surface area contributed by atoms with Gasteiger partial charge in [0, 0.05) is 31.7 Å². The van der Waals surface area contributed by atoms with Crippen LogP contribution in [0, 0.1) is 40.7 Å². The highest BCUT2D eigenvalue weighted by Crippen LogP contribution is 2.55. The van der Waals surface area contributed by atoms with Crippen LogP contribution in [0.1, 0.15) is 52.0 Å². The van der Waals surface area contributed by atoms with E-state index in [-0.39, 0.29) is 54.2 Å². The lowest BCUT2D eigenvalue weighted by Crippen LogP contribution is -2.58. The largest absolute Gasteiger partial charge is 0.392 e. The lowest BCUT2D eigenvalue weighted by molar-refractivity contribution is -0.144. The topological polar surface area (TPSA) is 87.7 Å². The third-order valence-corrected chi connectivity index (χ3v) is 7.95. The average Bonchev–Trinajstić information content (AvgIpc) is 2.73. The van der Waals surface area contributed by atoms with E-state index in [0.29, 0.717) is 5.56 Å². The summed E-state index contributed by atoms with van der Waals surface area (Å²) < 4.78 is 31.8. The Bertz CT molecular complexity index is 847. The minimum absolute atomic E-state index is 0.00273. The van der Waals surface area contributed by atoms with Crippen LogP contribution < -0.4 is 10.6 Å². The quantitative estimate of drug-likeness (QED) is 0.576. The Balaban J connectivity index is 1.66. The van der Waals surface area contributed by atoms with Crippen molar-refractivity contribution in [3.8, 4) is 0 Å². The predicted octanol–water partition coefficient (Wildman–Crippen LogP) is 3.17. The van der Waals surface area contributed by atoms with Crippen molar-refractivity contribution < 1.29 is 28.2 Å². The first-order valence-corrected chi connectivity index (χ1v) is 11.7. The summed E-state index contributed by atoms with van der Waals surface area (Å²) in [6.07, 6.45) is 2.68. The number of hydrogen-bond acceptors (Lipinski definition) is 4. The second-order valence-corrected chi connectivity index (χ2v) is 10.2. The van der Waals surface area contributed by atoms with Gasteiger partial charge in [0.1, 0.15) is 18.2 Å². The molecular weight excluding hydrogens is 430 g/mol. The van der Waals surface area contributed by atoms with Crippen LogP contribution in [0.5, 0.6) is 0 Å². The normalized spacial score (nSPS) is 32.5. The van der Waals surface area contributed by atoms with E-state index in [4.69, 9.17) is 4.74 Å². The molecule has 0 heterocycles. The molecule has 2 aliphatic carbocycles. The van der Waals surface area contributed by atoms with Gasteiger partial charge < -0.3 is 20.5 Å². The first-order chi connectivity index (χ1) is 15.6. The van der Waals surface area contributed by atoms with Crippen LogP contribution in [0.3, 0.4) is 0 Å². The lowest BCUT2D eigenvalue weighted by atomic mass is 9.51. The van der Waals surface area contributed by atoms with Gasteiger partial charge in [-0.1, -0.05) is 20.8 Å². The molecule has 2 saturated carbocycles. The highest BCUT2D eigenvalue weighted by molar-refractivity contribution is 5.78. The standard InChI is InChI=1S/C25H36F2N2O4/c1-14(24(32)28-12-16-9-17(26)11-18(27)10-16)19-5-7-25(3)8-6-20(29-21(30)13-33-4)15(2)22(25)23(19)31/h9-11,14-15,19-20,22-23,31H,5-8,12-13H2,1-4H3,(H,28,32)(H,29,30)/t14-,15+,19?,20-,22+,23-,25-/m0/s1. The van der Waals surface area contributed by atoms with E-state index in [9.17, 15) is 23.5 Å². The third kappa shape index (κ3) is 5.72. The average molecular weight is 467 g/mol. The fourth-order valence-electron chi connectivity index (χ4n) is 6.13. The van der Waals surface area contributed by atoms with Crippen molar-refractivity contribution in [2.24, 2.45) is 29.1 Å². The zero-order valence-electron chi connectivity index (χ0n) is 19.9. The Kier molecular flexibility index (Phi) is 8.11. The van der Waals surface area contributed by atoms with E-state index in [1.54, 1.807) is 6.92 Å². The van der Waals surface area contributed by atoms with Crippen molar-refractivity contribution in [3.63, 3.8) is 0 Å². The molecule has 2 aliphatic rings. The smallest absolute Gasteiger partial charge is 0.246 e. The maximum Gasteiger partial charge on any atom is 0.246 e. The molecule has 33 heavy (non-hydrogen) atoms. The first kappa shape index (κ1) is 25.6. The SMILES string of the molecule is COCC(=O)N[C@H]1CC[C@]2(C)CCC([C@H](C)C(=O)NCc3cc(F)cc(F)c3)[C@H](O)[C@H]2[C@@H]1C. The first-order valence-electron chi connectivity index (χ1n) is 11.7. The number of amides is 2. The van der Waals surface area contributed by atoms with Crippen molar-refractivity contribution in [2.45, 2.75) is 65.1 Å². The number of rotatable bonds is 7. The van der Waals surface area contributed by atoms with Gasteiger partial charge in [-0.05, 0) is 66.5 Å². The van der Waals surface area contributed by atoms with Crippen LogP contribution in [0.15, 0.2) is 18.2 Å². The van der Waals surface area contributed by atoms with E-state index in [1.807, 2.05) is 0 Å². The Morgan fingerprint density at radius 1 is 1.21 bits per heavy atom. The van der Waals surface area contributed by atoms with Gasteiger partial charge in [-0.2, -0.15) is 0 Å². The summed E-state index contributed by atoms with van der Waals surface area (Å²) in [5.41, 5.74) is 0.299. The molecule has 3 N–H and O–H groups in total. The summed E-state index contributed by atoms with van der Waals surface area (Å²) in [5.74, 6) is -2.48. The predicted molar refractivity (Wildman–Crippen MR) is 120 cm³/mol. The third-order valence-electron chi connectivity index (χ3n) is 7.95. The van der Waals surface area contributed by atoms with E-state index >= 15 is 0 Å². The number of aliphatic hydroxyl groups is 1. The molecule has 6 nitrogen and oxygen atoms in total. The zero-order chi connectivity index (χ0) is 24.3. The number of carbonyl (C=O) groups excluding carboxylic acids is 2. The molecule has 3 rings (SSSR count). The van der Waals surface area contributed by atoms with Gasteiger partial charge in [0.15, 0.2) is 0 Å². The number of methoxy groups -OCH3 is 1. The second-order valence-electron chi connectivity index (χ2n) is 10.2. The molecule has 0 spiro atoms. The fraction of sp³-hybridized carbons (Fsp3) is 0.680. The van der Waals surface area contributed by atoms with Gasteiger partial charge in [0.25, 0.3) is 0 Å². The molecule has 7 atom stereocenters. The second kappa shape index (κ2) is 10.5. The lowest BCUT2D eigenvalue weighted by Gasteiger charge is -2.56. The Morgan fingerprint density at radius 3 is 2.48 bits per heavy atom. The molecule has 2 amide bonds. The minimum Gasteiger partial charge on any atom is -0.392 e. The molecule has 184 valence electrons. The van der Waals surface area contributed by atoms with Crippen molar-refractivity contribution in [1.29, 1.82) is 0 Å². The van der Waals surface area contributed by atoms with Crippen LogP contribution in [0.25, 0.3) is 0 Å². The van der Waals surface area contributed by atoms with Crippen molar-refractivity contribution in [2.75, 3.05) is 13.7 Å². The van der Waals surface area contributed by atoms with E-state index in [2.05, 4.69) is 24.5 Å². The van der Waals surface area contributed by atoms with Gasteiger partial charge in [-0.25, -0.2) is 8.78 Å². The Labute approximate surface area is 194 Å². The summed E-state index contributed by atoms with van der Waals surface area (Å²) in [5, 5.41) is 17.2. The van der Waals surface area contributed by atoms with Crippen LogP contribution >= 0.6 is 0 Å². The maximum absolute atomic E-state index is 13.4. The van der Waals surface area contributed by atoms with Crippen LogP contribution in [0.2, 0.25) is 0 Å². The summed E-state index contributed by atoms with van der Waals surface area (Å²) in [6, 6.07) is 3.12. The van der Waals surface area contributed by atoms with Gasteiger partial charge in [-0.15, -0.1) is 0 Å². The number of ether oxygens (including phenoxy) is 1. The van der Waals surface area contributed by atoms with Crippen LogP contribution in [-0.4, -0.2) is 42.8 Å². The van der Waals surface area contributed by atoms with Crippen LogP contribution in [-0.2, 0) is 20.9 Å². The number of benzene rings is 1. The molecular formula is C25H36F2N2O4. The number of halogens is 2. The number of carbonyl (C=O) groups is 2. The van der Waals surface area contributed by atoms with Gasteiger partial charge in [0.2, 0.25) is 11.8 Å². The monoisotopic (exact) mass is 466 g/mol. The molecule has 8 heteroatoms. The van der Waals surface area contributed by atoms with Gasteiger partial charge in [-0.3, -0.25) is 9.59 Å². The summed E-state index contributed by atoms with van der Waals surface area (Å²) in [6.45, 7) is 6.08. The highest BCUT2D eigenvalue weighted by Gasteiger charge is 2.53. The summed E-state index contributed by atoms with van der Waals surface area (Å²) in [4.78, 5) is 24.9. The summed E-state index contributed by atoms with van der Waals surface area (Å²) in [7, 11) is 1.48. The molecule has 2 fully saturated rings. The molecule has 0 saturated heterocycles. The summed E-state index contributed by atoms with van der Waals surface area (Å²) >= 11 is 0. The van der Waals surface area contributed by atoms with Gasteiger partial charge >= 0.3 is 0 Å². The molecule has 1 unspecified atom stereocenters. The van der Waals surface area contributed by atoms with E-state index in [0.717, 1.165) is 31.7 Å². The number of fused-ring (bicyclic) bond motifs is 1. The van der Waals surface area contributed by atoms with Crippen LogP contribution in [0.4, 0.5) is 8.78 Å². The van der Waals surface area contributed by atoms with Crippen molar-refractivity contribution in [1.82, 2.24) is 10.6 Å². The van der Waals surface area contributed by atoms with Gasteiger partial charge in [0.05, 0.1) is 6.10 Å². The Hall–Kier alpha value is -2.06. The molecule has 0 bridgehead atoms. The molecule has 0 aromatic heterocycles. The minimum atomic E-state index is -0.687. The number of nitrogens with one attached hydrogen (secondary N) is 2. The number of hydrogen-bond donors (Lipinski definition) is 3. The van der Waals surface area contributed by atoms with E-state index in [1.165, 1.54) is 19.2 Å². The zero-order valence-corrected chi connectivity index (χ0v) is 19.9.